The van der Waals surface area contributed by atoms with Gasteiger partial charge >= 0.3 is 0 Å². The molecule has 0 saturated heterocycles. The van der Waals surface area contributed by atoms with Crippen molar-refractivity contribution in [2.75, 3.05) is 11.4 Å². The summed E-state index contributed by atoms with van der Waals surface area (Å²) >= 11 is 0. The molecule has 282 valence electrons. The first-order chi connectivity index (χ1) is 28.5. The van der Waals surface area contributed by atoms with E-state index < -0.39 is 29.3 Å². The number of para-hydroxylation sites is 2. The minimum atomic E-state index is -1.37. The van der Waals surface area contributed by atoms with Crippen LogP contribution in [0, 0.1) is 5.82 Å². The van der Waals surface area contributed by atoms with E-state index in [1.165, 1.54) is 12.3 Å². The number of nitrogens with one attached hydrogen (secondary N) is 1. The Labute approximate surface area is 335 Å². The number of rotatable bonds is 10. The smallest absolute Gasteiger partial charge is 0.272 e. The van der Waals surface area contributed by atoms with E-state index in [-0.39, 0.29) is 23.4 Å². The maximum atomic E-state index is 15.5. The van der Waals surface area contributed by atoms with Gasteiger partial charge in [-0.2, -0.15) is 0 Å². The normalized spacial score (nSPS) is 14.1. The maximum absolute atomic E-state index is 15.5. The number of carbonyl (C=O) groups excluding carboxylic acids is 2. The molecule has 9 rings (SSSR count). The zero-order valence-corrected chi connectivity index (χ0v) is 31.3. The Bertz CT molecular complexity index is 2690. The second kappa shape index (κ2) is 15.5. The van der Waals surface area contributed by atoms with Crippen molar-refractivity contribution in [2.24, 2.45) is 4.99 Å². The Balaban J connectivity index is 1.10. The van der Waals surface area contributed by atoms with E-state index in [9.17, 15) is 9.59 Å². The number of pyridine rings is 1. The van der Waals surface area contributed by atoms with Gasteiger partial charge in [-0.3, -0.25) is 14.6 Å². The highest BCUT2D eigenvalue weighted by atomic mass is 19.1. The molecule has 1 N–H and O–H groups in total. The number of anilines is 1. The molecule has 0 radical (unpaired) electrons. The molecule has 9 heteroatoms. The monoisotopic (exact) mass is 760 g/mol. The number of nitrogens with zero attached hydrogens (tertiary/aromatic N) is 5. The molecule has 6 aromatic carbocycles. The molecule has 0 bridgehead atoms. The summed E-state index contributed by atoms with van der Waals surface area (Å²) in [7, 11) is 0. The number of amides is 2. The van der Waals surface area contributed by atoms with Crippen LogP contribution >= 0.6 is 0 Å². The number of aliphatic imine (C=N–C) groups is 1. The van der Waals surface area contributed by atoms with Crippen LogP contribution in [-0.2, 0) is 16.8 Å². The van der Waals surface area contributed by atoms with Gasteiger partial charge in [0.05, 0.1) is 34.5 Å². The zero-order chi connectivity index (χ0) is 39.5. The molecule has 0 aliphatic carbocycles. The summed E-state index contributed by atoms with van der Waals surface area (Å²) in [4.78, 5) is 44.4. The standard InChI is InChI=1S/C49H37FN6O2/c50-42-25-13-11-23-40(42)45-41-24-12-15-27-44(41)56(48(58)46(53-45)54-47(57)35-30-34-16-10-14-26-43(34)51-31-35)29-28-39-32-55(33-52-39)49(36-17-4-1-5-18-36,37-19-6-2-7-20-37)38-21-8-3-9-22-38/h1-27,30-33,46H,28-29H2,(H,54,57). The zero-order valence-electron chi connectivity index (χ0n) is 31.3. The molecule has 0 spiro atoms. The van der Waals surface area contributed by atoms with Crippen LogP contribution in [0.5, 0.6) is 0 Å². The van der Waals surface area contributed by atoms with Gasteiger partial charge in [0, 0.05) is 41.9 Å². The quantitative estimate of drug-likeness (QED) is 0.142. The minimum absolute atomic E-state index is 0.200. The molecule has 58 heavy (non-hydrogen) atoms. The first kappa shape index (κ1) is 36.1. The van der Waals surface area contributed by atoms with Crippen LogP contribution in [0.1, 0.15) is 43.9 Å². The van der Waals surface area contributed by atoms with Crippen molar-refractivity contribution in [1.82, 2.24) is 19.9 Å². The van der Waals surface area contributed by atoms with Crippen molar-refractivity contribution in [2.45, 2.75) is 18.1 Å². The Morgan fingerprint density at radius 3 is 1.95 bits per heavy atom. The largest absolute Gasteiger partial charge is 0.322 e. The van der Waals surface area contributed by atoms with Crippen LogP contribution in [0.25, 0.3) is 10.9 Å². The molecule has 2 aromatic heterocycles. The fourth-order valence-electron chi connectivity index (χ4n) is 7.91. The number of carbonyl (C=O) groups is 2. The Kier molecular flexibility index (Phi) is 9.69. The van der Waals surface area contributed by atoms with Gasteiger partial charge in [0.15, 0.2) is 0 Å². The lowest BCUT2D eigenvalue weighted by molar-refractivity contribution is -0.120. The van der Waals surface area contributed by atoms with Crippen molar-refractivity contribution in [1.29, 1.82) is 0 Å². The molecular formula is C49H37FN6O2. The number of hydrogen-bond donors (Lipinski definition) is 1. The number of fused-ring (bicyclic) bond motifs is 2. The average molecular weight is 761 g/mol. The predicted molar refractivity (Wildman–Crippen MR) is 224 cm³/mol. The first-order valence-electron chi connectivity index (χ1n) is 19.1. The highest BCUT2D eigenvalue weighted by molar-refractivity contribution is 6.20. The molecule has 3 heterocycles. The Hall–Kier alpha value is -7.52. The van der Waals surface area contributed by atoms with Crippen LogP contribution in [0.15, 0.2) is 194 Å². The molecule has 0 fully saturated rings. The molecule has 8 nitrogen and oxygen atoms in total. The summed E-state index contributed by atoms with van der Waals surface area (Å²) in [5.74, 6) is -1.49. The summed E-state index contributed by atoms with van der Waals surface area (Å²) in [6, 6.07) is 53.9. The minimum Gasteiger partial charge on any atom is -0.322 e. The topological polar surface area (TPSA) is 92.5 Å². The van der Waals surface area contributed by atoms with Gasteiger partial charge in [-0.25, -0.2) is 14.4 Å². The third-order valence-electron chi connectivity index (χ3n) is 10.6. The number of aromatic nitrogens is 3. The van der Waals surface area contributed by atoms with Gasteiger partial charge in [-0.1, -0.05) is 140 Å². The number of benzodiazepines with no additional fused rings is 1. The van der Waals surface area contributed by atoms with E-state index in [1.807, 2.05) is 116 Å². The van der Waals surface area contributed by atoms with Gasteiger partial charge in [0.1, 0.15) is 11.4 Å². The van der Waals surface area contributed by atoms with Crippen LogP contribution in [0.4, 0.5) is 10.1 Å². The van der Waals surface area contributed by atoms with Crippen molar-refractivity contribution in [3.05, 3.63) is 233 Å². The van der Waals surface area contributed by atoms with Crippen molar-refractivity contribution in [3.8, 4) is 0 Å². The lowest BCUT2D eigenvalue weighted by Crippen LogP contribution is -2.48. The molecule has 1 aliphatic heterocycles. The van der Waals surface area contributed by atoms with E-state index >= 15 is 4.39 Å². The van der Waals surface area contributed by atoms with Crippen LogP contribution in [0.2, 0.25) is 0 Å². The van der Waals surface area contributed by atoms with E-state index in [4.69, 9.17) is 9.98 Å². The lowest BCUT2D eigenvalue weighted by atomic mass is 9.77. The molecule has 0 saturated carbocycles. The lowest BCUT2D eigenvalue weighted by Gasteiger charge is -2.37. The highest BCUT2D eigenvalue weighted by Crippen LogP contribution is 2.41. The van der Waals surface area contributed by atoms with Crippen LogP contribution in [-0.4, -0.2) is 44.8 Å². The van der Waals surface area contributed by atoms with E-state index in [1.54, 1.807) is 29.2 Å². The Morgan fingerprint density at radius 1 is 0.690 bits per heavy atom. The molecule has 2 amide bonds. The van der Waals surface area contributed by atoms with Gasteiger partial charge in [-0.05, 0) is 47.0 Å². The summed E-state index contributed by atoms with van der Waals surface area (Å²) in [5, 5.41) is 3.63. The summed E-state index contributed by atoms with van der Waals surface area (Å²) in [6.45, 7) is 0.200. The van der Waals surface area contributed by atoms with E-state index in [0.29, 0.717) is 17.7 Å². The summed E-state index contributed by atoms with van der Waals surface area (Å²) in [6.07, 6.45) is 4.35. The van der Waals surface area contributed by atoms with Crippen LogP contribution < -0.4 is 10.2 Å². The van der Waals surface area contributed by atoms with Gasteiger partial charge in [-0.15, -0.1) is 0 Å². The van der Waals surface area contributed by atoms with Crippen LogP contribution in [0.3, 0.4) is 0 Å². The number of imidazole rings is 1. The second-order valence-electron chi connectivity index (χ2n) is 14.1. The van der Waals surface area contributed by atoms with Crippen molar-refractivity contribution < 1.29 is 14.0 Å². The SMILES string of the molecule is O=C(NC1N=C(c2ccccc2F)c2ccccc2N(CCc2cn(C(c3ccccc3)(c3ccccc3)c3ccccc3)cn2)C1=O)c1cnc2ccccc2c1. The third kappa shape index (κ3) is 6.62. The maximum Gasteiger partial charge on any atom is 0.272 e. The van der Waals surface area contributed by atoms with E-state index in [0.717, 1.165) is 33.3 Å². The van der Waals surface area contributed by atoms with Crippen molar-refractivity contribution in [3.63, 3.8) is 0 Å². The van der Waals surface area contributed by atoms with Gasteiger partial charge in [0.25, 0.3) is 11.8 Å². The number of hydrogen-bond acceptors (Lipinski definition) is 5. The molecule has 1 atom stereocenters. The molecule has 1 aliphatic rings. The van der Waals surface area contributed by atoms with E-state index in [2.05, 4.69) is 51.3 Å². The third-order valence-corrected chi connectivity index (χ3v) is 10.6. The van der Waals surface area contributed by atoms with Gasteiger partial charge in [0.2, 0.25) is 6.17 Å². The molecule has 8 aromatic rings. The molecule has 1 unspecified atom stereocenters. The Morgan fingerprint density at radius 2 is 1.28 bits per heavy atom. The summed E-state index contributed by atoms with van der Waals surface area (Å²) < 4.78 is 17.7. The number of halogens is 1. The van der Waals surface area contributed by atoms with Crippen molar-refractivity contribution >= 4 is 34.1 Å². The fraction of sp³-hybridized carbons (Fsp3) is 0.0816. The second-order valence-corrected chi connectivity index (χ2v) is 14.1. The summed E-state index contributed by atoms with van der Waals surface area (Å²) in [5.41, 5.74) is 5.77. The van der Waals surface area contributed by atoms with Gasteiger partial charge < -0.3 is 14.8 Å². The highest BCUT2D eigenvalue weighted by Gasteiger charge is 2.39. The number of benzene rings is 6. The average Bonchev–Trinajstić information content (AvgIpc) is 3.72. The molecular weight excluding hydrogens is 724 g/mol. The predicted octanol–water partition coefficient (Wildman–Crippen LogP) is 8.59. The fourth-order valence-corrected chi connectivity index (χ4v) is 7.91. The first-order valence-corrected chi connectivity index (χ1v) is 19.1.